The number of rotatable bonds is 4. The molecule has 0 heterocycles. The maximum Gasteiger partial charge on any atom is 0.349 e. The molecule has 4 fully saturated rings. The Balaban J connectivity index is 1.80. The molecule has 0 aromatic rings. The van der Waals surface area contributed by atoms with Gasteiger partial charge in [0, 0.05) is 0 Å². The highest BCUT2D eigenvalue weighted by Crippen LogP contribution is 2.57. The van der Waals surface area contributed by atoms with E-state index in [-0.39, 0.29) is 0 Å². The lowest BCUT2D eigenvalue weighted by Crippen LogP contribution is -2.54. The molecule has 0 aliphatic heterocycles. The van der Waals surface area contributed by atoms with Gasteiger partial charge in [0.05, 0.1) is 11.9 Å². The van der Waals surface area contributed by atoms with Crippen molar-refractivity contribution in [3.8, 4) is 0 Å². The first-order valence-corrected chi connectivity index (χ1v) is 9.89. The zero-order valence-electron chi connectivity index (χ0n) is 10.8. The smallest absolute Gasteiger partial charge is 0.251 e. The Bertz CT molecular complexity index is 545. The summed E-state index contributed by atoms with van der Waals surface area (Å²) in [5.41, 5.74) is -0.661. The van der Waals surface area contributed by atoms with Crippen molar-refractivity contribution in [2.75, 3.05) is 6.26 Å². The fourth-order valence-electron chi connectivity index (χ4n) is 4.57. The van der Waals surface area contributed by atoms with Gasteiger partial charge in [0.2, 0.25) is 10.0 Å². The van der Waals surface area contributed by atoms with Crippen LogP contribution in [0.5, 0.6) is 0 Å². The first-order chi connectivity index (χ1) is 8.65. The number of sulfonamides is 1. The zero-order valence-corrected chi connectivity index (χ0v) is 12.5. The van der Waals surface area contributed by atoms with E-state index < -0.39 is 25.9 Å². The molecule has 19 heavy (non-hydrogen) atoms. The summed E-state index contributed by atoms with van der Waals surface area (Å²) >= 11 is 0. The molecule has 0 aromatic heterocycles. The van der Waals surface area contributed by atoms with Gasteiger partial charge in [0.25, 0.3) is 0 Å². The van der Waals surface area contributed by atoms with Crippen molar-refractivity contribution in [3.63, 3.8) is 0 Å². The van der Waals surface area contributed by atoms with Gasteiger partial charge in [0.1, 0.15) is 0 Å². The van der Waals surface area contributed by atoms with E-state index in [9.17, 15) is 16.8 Å². The summed E-state index contributed by atoms with van der Waals surface area (Å²) in [4.78, 5) is 0. The van der Waals surface area contributed by atoms with E-state index in [1.165, 1.54) is 19.3 Å². The van der Waals surface area contributed by atoms with Crippen LogP contribution in [-0.4, -0.2) is 28.7 Å². The first kappa shape index (κ1) is 13.8. The van der Waals surface area contributed by atoms with Crippen LogP contribution in [0, 0.1) is 17.8 Å². The van der Waals surface area contributed by atoms with E-state index in [1.54, 1.807) is 4.13 Å². The van der Waals surface area contributed by atoms with Gasteiger partial charge in [-0.1, -0.05) is 4.13 Å². The van der Waals surface area contributed by atoms with Crippen LogP contribution in [0.1, 0.15) is 38.5 Å². The second kappa shape index (κ2) is 4.16. The molecular formula is C11H19NO5S2. The molecule has 110 valence electrons. The van der Waals surface area contributed by atoms with Crippen molar-refractivity contribution < 1.29 is 21.0 Å². The van der Waals surface area contributed by atoms with Crippen LogP contribution in [-0.2, 0) is 24.5 Å². The fraction of sp³-hybridized carbons (Fsp3) is 1.00. The molecule has 4 saturated carbocycles. The summed E-state index contributed by atoms with van der Waals surface area (Å²) < 4.78 is 52.7. The molecule has 0 aromatic carbocycles. The third-order valence-corrected chi connectivity index (χ3v) is 7.12. The highest BCUT2D eigenvalue weighted by molar-refractivity contribution is 8.02. The summed E-state index contributed by atoms with van der Waals surface area (Å²) in [5.74, 6) is 1.62. The van der Waals surface area contributed by atoms with Crippen molar-refractivity contribution in [2.45, 2.75) is 44.1 Å². The normalized spacial score (nSPS) is 41.6. The summed E-state index contributed by atoms with van der Waals surface area (Å²) in [6.45, 7) is 0. The first-order valence-electron chi connectivity index (χ1n) is 6.59. The minimum Gasteiger partial charge on any atom is -0.251 e. The minimum atomic E-state index is -4.24. The third kappa shape index (κ3) is 2.96. The van der Waals surface area contributed by atoms with E-state index in [0.29, 0.717) is 17.8 Å². The fourth-order valence-corrected chi connectivity index (χ4v) is 6.86. The van der Waals surface area contributed by atoms with Gasteiger partial charge in [-0.15, -0.1) is 0 Å². The van der Waals surface area contributed by atoms with Gasteiger partial charge < -0.3 is 0 Å². The molecule has 0 atom stereocenters. The van der Waals surface area contributed by atoms with Crippen LogP contribution in [0.15, 0.2) is 0 Å². The Labute approximate surface area is 114 Å². The van der Waals surface area contributed by atoms with E-state index >= 15 is 0 Å². The predicted octanol–water partition coefficient (Wildman–Crippen LogP) is 0.766. The van der Waals surface area contributed by atoms with Crippen LogP contribution in [0.25, 0.3) is 0 Å². The third-order valence-electron chi connectivity index (χ3n) is 4.52. The van der Waals surface area contributed by atoms with Crippen molar-refractivity contribution >= 4 is 20.3 Å². The molecule has 0 amide bonds. The molecule has 6 nitrogen and oxygen atoms in total. The molecule has 1 N–H and O–H groups in total. The summed E-state index contributed by atoms with van der Waals surface area (Å²) in [6, 6.07) is 0. The Hall–Kier alpha value is -0.180. The van der Waals surface area contributed by atoms with Crippen molar-refractivity contribution in [1.82, 2.24) is 4.13 Å². The molecule has 4 aliphatic carbocycles. The summed E-state index contributed by atoms with van der Waals surface area (Å²) in [5, 5.41) is 0. The van der Waals surface area contributed by atoms with Crippen LogP contribution in [0.2, 0.25) is 0 Å². The van der Waals surface area contributed by atoms with E-state index in [0.717, 1.165) is 25.5 Å². The molecule has 4 aliphatic rings. The lowest BCUT2D eigenvalue weighted by atomic mass is 9.54. The van der Waals surface area contributed by atoms with Gasteiger partial charge in [-0.3, -0.25) is 4.18 Å². The maximum atomic E-state index is 11.8. The molecule has 0 saturated heterocycles. The molecular weight excluding hydrogens is 290 g/mol. The quantitative estimate of drug-likeness (QED) is 0.828. The van der Waals surface area contributed by atoms with Crippen LogP contribution in [0.3, 0.4) is 0 Å². The summed E-state index contributed by atoms with van der Waals surface area (Å²) in [7, 11) is -8.07. The van der Waals surface area contributed by atoms with E-state index in [4.69, 9.17) is 4.18 Å². The highest BCUT2D eigenvalue weighted by Gasteiger charge is 2.53. The average molecular weight is 309 g/mol. The highest BCUT2D eigenvalue weighted by atomic mass is 32.3. The Kier molecular flexibility index (Phi) is 3.02. The monoisotopic (exact) mass is 309 g/mol. The molecule has 0 unspecified atom stereocenters. The largest absolute Gasteiger partial charge is 0.349 e. The number of hydrogen-bond donors (Lipinski definition) is 1. The second-order valence-electron chi connectivity index (χ2n) is 6.49. The zero-order chi connectivity index (χ0) is 13.9. The Morgan fingerprint density at radius 3 is 1.74 bits per heavy atom. The van der Waals surface area contributed by atoms with Crippen LogP contribution < -0.4 is 4.13 Å². The maximum absolute atomic E-state index is 11.8. The lowest BCUT2D eigenvalue weighted by Gasteiger charge is -2.55. The average Bonchev–Trinajstić information content (AvgIpc) is 2.06. The summed E-state index contributed by atoms with van der Waals surface area (Å²) in [6.07, 6.45) is 6.54. The topological polar surface area (TPSA) is 89.5 Å². The van der Waals surface area contributed by atoms with Gasteiger partial charge >= 0.3 is 10.3 Å². The molecule has 4 rings (SSSR count). The Morgan fingerprint density at radius 1 is 0.947 bits per heavy atom. The lowest BCUT2D eigenvalue weighted by molar-refractivity contribution is -0.104. The van der Waals surface area contributed by atoms with Crippen LogP contribution >= 0.6 is 0 Å². The predicted molar refractivity (Wildman–Crippen MR) is 68.9 cm³/mol. The number of nitrogens with one attached hydrogen (secondary N) is 1. The Morgan fingerprint density at radius 2 is 1.37 bits per heavy atom. The molecule has 0 spiro atoms. The molecule has 0 radical (unpaired) electrons. The van der Waals surface area contributed by atoms with E-state index in [2.05, 4.69) is 0 Å². The van der Waals surface area contributed by atoms with Gasteiger partial charge in [0.15, 0.2) is 0 Å². The van der Waals surface area contributed by atoms with E-state index in [1.807, 2.05) is 0 Å². The van der Waals surface area contributed by atoms with Crippen LogP contribution in [0.4, 0.5) is 0 Å². The number of hydrogen-bond acceptors (Lipinski definition) is 5. The van der Waals surface area contributed by atoms with Crippen molar-refractivity contribution in [2.24, 2.45) is 17.8 Å². The van der Waals surface area contributed by atoms with Gasteiger partial charge in [-0.2, -0.15) is 8.42 Å². The minimum absolute atomic E-state index is 0.541. The van der Waals surface area contributed by atoms with Crippen molar-refractivity contribution in [3.05, 3.63) is 0 Å². The molecule has 4 bridgehead atoms. The van der Waals surface area contributed by atoms with Crippen molar-refractivity contribution in [1.29, 1.82) is 0 Å². The van der Waals surface area contributed by atoms with Gasteiger partial charge in [-0.05, 0) is 56.3 Å². The second-order valence-corrected chi connectivity index (χ2v) is 9.78. The molecule has 8 heteroatoms. The SMILES string of the molecule is CS(=O)(=O)NS(=O)(=O)OC12CC3CC(CC(C3)C1)C2. The standard InChI is InChI=1S/C11H19NO5S2/c1-18(13,14)12-19(15,16)17-11-5-8-2-9(6-11)4-10(3-8)7-11/h8-10,12H,2-7H2,1H3. The van der Waals surface area contributed by atoms with Gasteiger partial charge in [-0.25, -0.2) is 8.42 Å².